The van der Waals surface area contributed by atoms with Crippen molar-refractivity contribution in [3.8, 4) is 0 Å². The number of halogens is 3. The molecule has 1 fully saturated rings. The molecular weight excluding hydrogens is 497 g/mol. The van der Waals surface area contributed by atoms with Gasteiger partial charge in [0.2, 0.25) is 5.91 Å². The smallest absolute Gasteiger partial charge is 0.376 e. The zero-order chi connectivity index (χ0) is 27.1. The fourth-order valence-electron chi connectivity index (χ4n) is 4.14. The van der Waals surface area contributed by atoms with Crippen LogP contribution in [0.1, 0.15) is 45.5 Å². The number of likely N-dealkylation sites (tertiary alicyclic amines) is 1. The molecule has 0 spiro atoms. The van der Waals surface area contributed by atoms with Crippen LogP contribution in [0.4, 0.5) is 30.2 Å². The minimum atomic E-state index is -4.52. The van der Waals surface area contributed by atoms with Crippen LogP contribution >= 0.6 is 0 Å². The summed E-state index contributed by atoms with van der Waals surface area (Å²) in [7, 11) is 0. The molecule has 0 aliphatic carbocycles. The molecule has 0 unspecified atom stereocenters. The van der Waals surface area contributed by atoms with E-state index in [2.05, 4.69) is 16.0 Å². The predicted octanol–water partition coefficient (Wildman–Crippen LogP) is 5.63. The Balaban J connectivity index is 1.33. The molecule has 10 heteroatoms. The highest BCUT2D eigenvalue weighted by Gasteiger charge is 2.30. The highest BCUT2D eigenvalue weighted by Crippen LogP contribution is 2.30. The maximum atomic E-state index is 12.9. The Bertz CT molecular complexity index is 1320. The summed E-state index contributed by atoms with van der Waals surface area (Å²) in [6, 6.07) is 17.4. The van der Waals surface area contributed by atoms with Crippen LogP contribution in [0.15, 0.2) is 72.8 Å². The minimum Gasteiger partial charge on any atom is -0.376 e. The summed E-state index contributed by atoms with van der Waals surface area (Å²) in [5.74, 6) is -1.00. The van der Waals surface area contributed by atoms with Gasteiger partial charge in [-0.1, -0.05) is 18.2 Å². The number of benzene rings is 3. The molecular formula is C28H27F3N4O3. The Kier molecular flexibility index (Phi) is 8.30. The molecule has 3 aromatic rings. The van der Waals surface area contributed by atoms with Crippen LogP contribution in [-0.4, -0.2) is 42.3 Å². The van der Waals surface area contributed by atoms with Crippen molar-refractivity contribution >= 4 is 34.8 Å². The van der Waals surface area contributed by atoms with Crippen molar-refractivity contribution in [3.63, 3.8) is 0 Å². The number of rotatable bonds is 7. The maximum absolute atomic E-state index is 12.9. The lowest BCUT2D eigenvalue weighted by atomic mass is 10.1. The normalized spacial score (nSPS) is 13.5. The van der Waals surface area contributed by atoms with Crippen molar-refractivity contribution in [1.82, 2.24) is 4.90 Å². The molecule has 7 nitrogen and oxygen atoms in total. The summed E-state index contributed by atoms with van der Waals surface area (Å²) in [5, 5.41) is 8.14. The van der Waals surface area contributed by atoms with Crippen molar-refractivity contribution < 1.29 is 27.6 Å². The molecule has 4 rings (SSSR count). The van der Waals surface area contributed by atoms with Crippen molar-refractivity contribution in [2.24, 2.45) is 0 Å². The standard InChI is InChI=1S/C28H27F3N4O3/c29-28(30,31)21-9-6-12-24(17-21)34-26(37)19-7-4-10-22(15-19)32-18-25(36)33-23-11-5-8-20(16-23)27(38)35-13-2-1-3-14-35/h4-12,15-17,32H,1-3,13-14,18H2,(H,33,36)(H,34,37). The molecule has 3 amide bonds. The number of hydrogen-bond donors (Lipinski definition) is 3. The van der Waals surface area contributed by atoms with Gasteiger partial charge in [0.1, 0.15) is 0 Å². The highest BCUT2D eigenvalue weighted by molar-refractivity contribution is 6.05. The number of carbonyl (C=O) groups is 3. The van der Waals surface area contributed by atoms with Crippen molar-refractivity contribution in [3.05, 3.63) is 89.5 Å². The quantitative estimate of drug-likeness (QED) is 0.374. The lowest BCUT2D eigenvalue weighted by Crippen LogP contribution is -2.35. The number of hydrogen-bond acceptors (Lipinski definition) is 4. The summed E-state index contributed by atoms with van der Waals surface area (Å²) in [5.41, 5.74) is 0.843. The van der Waals surface area contributed by atoms with Gasteiger partial charge in [-0.05, 0) is 73.9 Å². The van der Waals surface area contributed by atoms with E-state index in [-0.39, 0.29) is 29.6 Å². The summed E-state index contributed by atoms with van der Waals surface area (Å²) in [6.07, 6.45) is -1.42. The van der Waals surface area contributed by atoms with E-state index in [1.807, 2.05) is 4.90 Å². The van der Waals surface area contributed by atoms with Gasteiger partial charge in [-0.15, -0.1) is 0 Å². The average molecular weight is 525 g/mol. The Labute approximate surface area is 218 Å². The molecule has 3 N–H and O–H groups in total. The van der Waals surface area contributed by atoms with E-state index in [4.69, 9.17) is 0 Å². The number of nitrogens with zero attached hydrogens (tertiary/aromatic N) is 1. The first kappa shape index (κ1) is 26.7. The summed E-state index contributed by atoms with van der Waals surface area (Å²) in [4.78, 5) is 39.6. The fraction of sp³-hybridized carbons (Fsp3) is 0.250. The Hall–Kier alpha value is -4.34. The van der Waals surface area contributed by atoms with Gasteiger partial charge in [0.15, 0.2) is 0 Å². The Morgan fingerprint density at radius 1 is 0.737 bits per heavy atom. The molecule has 0 aromatic heterocycles. The zero-order valence-electron chi connectivity index (χ0n) is 20.5. The van der Waals surface area contributed by atoms with Crippen LogP contribution in [0, 0.1) is 0 Å². The van der Waals surface area contributed by atoms with E-state index in [1.165, 1.54) is 24.3 Å². The Morgan fingerprint density at radius 3 is 2.05 bits per heavy atom. The molecule has 1 saturated heterocycles. The van der Waals surface area contributed by atoms with Crippen LogP contribution in [0.5, 0.6) is 0 Å². The van der Waals surface area contributed by atoms with Gasteiger partial charge in [-0.25, -0.2) is 0 Å². The monoisotopic (exact) mass is 524 g/mol. The molecule has 1 heterocycles. The number of anilines is 3. The third-order valence-corrected chi connectivity index (χ3v) is 6.06. The van der Waals surface area contributed by atoms with E-state index in [0.29, 0.717) is 16.9 Å². The fourth-order valence-corrected chi connectivity index (χ4v) is 4.14. The van der Waals surface area contributed by atoms with Gasteiger partial charge < -0.3 is 20.9 Å². The molecule has 1 aliphatic heterocycles. The van der Waals surface area contributed by atoms with Gasteiger partial charge in [0.25, 0.3) is 11.8 Å². The number of amides is 3. The third kappa shape index (κ3) is 7.12. The minimum absolute atomic E-state index is 0.0172. The summed E-state index contributed by atoms with van der Waals surface area (Å²) < 4.78 is 38.8. The first-order valence-corrected chi connectivity index (χ1v) is 12.2. The molecule has 0 atom stereocenters. The largest absolute Gasteiger partial charge is 0.416 e. The second kappa shape index (κ2) is 11.8. The molecule has 0 saturated carbocycles. The van der Waals surface area contributed by atoms with Crippen LogP contribution in [0.3, 0.4) is 0 Å². The number of nitrogens with one attached hydrogen (secondary N) is 3. The van der Waals surface area contributed by atoms with Gasteiger partial charge in [0, 0.05) is 41.3 Å². The van der Waals surface area contributed by atoms with Crippen molar-refractivity contribution in [2.75, 3.05) is 35.6 Å². The summed E-state index contributed by atoms with van der Waals surface area (Å²) in [6.45, 7) is 1.36. The van der Waals surface area contributed by atoms with Gasteiger partial charge >= 0.3 is 6.18 Å². The van der Waals surface area contributed by atoms with Gasteiger partial charge in [-0.3, -0.25) is 14.4 Å². The first-order chi connectivity index (χ1) is 18.2. The first-order valence-electron chi connectivity index (χ1n) is 12.2. The second-order valence-electron chi connectivity index (χ2n) is 8.95. The van der Waals surface area contributed by atoms with E-state index in [1.54, 1.807) is 36.4 Å². The van der Waals surface area contributed by atoms with Crippen LogP contribution in [0.25, 0.3) is 0 Å². The van der Waals surface area contributed by atoms with E-state index in [9.17, 15) is 27.6 Å². The van der Waals surface area contributed by atoms with Gasteiger partial charge in [-0.2, -0.15) is 13.2 Å². The predicted molar refractivity (Wildman–Crippen MR) is 139 cm³/mol. The number of carbonyl (C=O) groups excluding carboxylic acids is 3. The molecule has 0 radical (unpaired) electrons. The number of piperidine rings is 1. The highest BCUT2D eigenvalue weighted by atomic mass is 19.4. The van der Waals surface area contributed by atoms with Crippen molar-refractivity contribution in [1.29, 1.82) is 0 Å². The molecule has 1 aliphatic rings. The van der Waals surface area contributed by atoms with E-state index in [0.717, 1.165) is 44.5 Å². The van der Waals surface area contributed by atoms with E-state index < -0.39 is 17.6 Å². The average Bonchev–Trinajstić information content (AvgIpc) is 2.92. The van der Waals surface area contributed by atoms with Crippen LogP contribution in [0.2, 0.25) is 0 Å². The zero-order valence-corrected chi connectivity index (χ0v) is 20.5. The van der Waals surface area contributed by atoms with E-state index >= 15 is 0 Å². The van der Waals surface area contributed by atoms with Crippen LogP contribution in [-0.2, 0) is 11.0 Å². The Morgan fingerprint density at radius 2 is 1.34 bits per heavy atom. The third-order valence-electron chi connectivity index (χ3n) is 6.06. The molecule has 38 heavy (non-hydrogen) atoms. The number of alkyl halides is 3. The molecule has 0 bridgehead atoms. The summed E-state index contributed by atoms with van der Waals surface area (Å²) >= 11 is 0. The lowest BCUT2D eigenvalue weighted by molar-refractivity contribution is -0.137. The van der Waals surface area contributed by atoms with Gasteiger partial charge in [0.05, 0.1) is 12.1 Å². The van der Waals surface area contributed by atoms with Crippen LogP contribution < -0.4 is 16.0 Å². The molecule has 198 valence electrons. The SMILES string of the molecule is O=C(CNc1cccc(C(=O)Nc2cccc(C(F)(F)F)c2)c1)Nc1cccc(C(=O)N2CCCCC2)c1. The molecule has 3 aromatic carbocycles. The van der Waals surface area contributed by atoms with Crippen molar-refractivity contribution in [2.45, 2.75) is 25.4 Å². The maximum Gasteiger partial charge on any atom is 0.416 e. The topological polar surface area (TPSA) is 90.5 Å². The second-order valence-corrected chi connectivity index (χ2v) is 8.95. The lowest BCUT2D eigenvalue weighted by Gasteiger charge is -2.26.